The first kappa shape index (κ1) is 39.4. The maximum absolute atomic E-state index is 10.8. The number of carboxylic acids is 3. The lowest BCUT2D eigenvalue weighted by Gasteiger charge is -2.13. The van der Waals surface area contributed by atoms with Crippen molar-refractivity contribution >= 4 is 25.7 Å². The number of nitrogens with zero attached hydrogens (tertiary/aromatic N) is 1. The average Bonchev–Trinajstić information content (AvgIpc) is 3.21. The number of pyridine rings is 1. The Bertz CT molecular complexity index is 989. The average molecular weight is 628 g/mol. The van der Waals surface area contributed by atoms with Crippen molar-refractivity contribution in [2.24, 2.45) is 22.9 Å². The van der Waals surface area contributed by atoms with Crippen LogP contribution in [0, 0.1) is 0 Å². The Kier molecular flexibility index (Phi) is 19.1. The van der Waals surface area contributed by atoms with Crippen LogP contribution in [-0.4, -0.2) is 98.2 Å². The molecule has 1 saturated heterocycles. The number of carboxylic acid groups (broad SMARTS) is 3. The summed E-state index contributed by atoms with van der Waals surface area (Å²) < 4.78 is 21.4. The van der Waals surface area contributed by atoms with Crippen molar-refractivity contribution in [1.82, 2.24) is 0 Å². The van der Waals surface area contributed by atoms with Gasteiger partial charge in [-0.3, -0.25) is 14.1 Å². The Labute approximate surface area is 242 Å². The van der Waals surface area contributed by atoms with Gasteiger partial charge in [0, 0.05) is 6.07 Å². The summed E-state index contributed by atoms with van der Waals surface area (Å²) in [5.41, 5.74) is 20.7. The molecule has 1 aliphatic rings. The van der Waals surface area contributed by atoms with Crippen molar-refractivity contribution in [1.29, 1.82) is 0 Å². The summed E-state index contributed by atoms with van der Waals surface area (Å²) in [6.45, 7) is 0.568. The minimum atomic E-state index is -4.74. The molecule has 0 bridgehead atoms. The third-order valence-electron chi connectivity index (χ3n) is 5.67. The van der Waals surface area contributed by atoms with E-state index < -0.39 is 69.0 Å². The summed E-state index contributed by atoms with van der Waals surface area (Å²) >= 11 is 0. The van der Waals surface area contributed by atoms with E-state index in [4.69, 9.17) is 47.7 Å². The van der Waals surface area contributed by atoms with E-state index in [1.165, 1.54) is 22.9 Å². The highest BCUT2D eigenvalue weighted by atomic mass is 31.2. The number of rotatable bonds is 15. The molecule has 0 aliphatic carbocycles. The first-order valence-electron chi connectivity index (χ1n) is 12.9. The van der Waals surface area contributed by atoms with Crippen LogP contribution in [0.5, 0.6) is 0 Å². The van der Waals surface area contributed by atoms with Crippen LogP contribution >= 0.6 is 7.82 Å². The summed E-state index contributed by atoms with van der Waals surface area (Å²) in [6, 6.07) is 1.23. The topological polar surface area (TPSA) is 339 Å². The van der Waals surface area contributed by atoms with Crippen molar-refractivity contribution in [2.45, 2.75) is 75.1 Å². The zero-order valence-electron chi connectivity index (χ0n) is 22.9. The number of aliphatic carboxylic acids is 2. The lowest BCUT2D eigenvalue weighted by molar-refractivity contribution is -0.765. The third-order valence-corrected chi connectivity index (χ3v) is 6.15. The van der Waals surface area contributed by atoms with Crippen LogP contribution in [0.2, 0.25) is 0 Å². The molecule has 0 unspecified atom stereocenters. The van der Waals surface area contributed by atoms with E-state index >= 15 is 0 Å². The van der Waals surface area contributed by atoms with Crippen molar-refractivity contribution in [3.05, 3.63) is 30.1 Å². The quantitative estimate of drug-likeness (QED) is 0.0504. The summed E-state index contributed by atoms with van der Waals surface area (Å²) in [4.78, 5) is 48.3. The van der Waals surface area contributed by atoms with E-state index in [1.54, 1.807) is 0 Å². The Morgan fingerprint density at radius 1 is 0.976 bits per heavy atom. The lowest BCUT2D eigenvalue weighted by Crippen LogP contribution is -2.46. The van der Waals surface area contributed by atoms with E-state index in [-0.39, 0.29) is 5.56 Å². The number of aliphatic hydroxyl groups is 2. The van der Waals surface area contributed by atoms with Crippen LogP contribution in [-0.2, 0) is 23.4 Å². The maximum atomic E-state index is 10.8. The van der Waals surface area contributed by atoms with Crippen LogP contribution in [0.4, 0.5) is 0 Å². The van der Waals surface area contributed by atoms with Crippen LogP contribution in [0.25, 0.3) is 0 Å². The molecule has 18 nitrogen and oxygen atoms in total. The molecule has 19 heteroatoms. The molecule has 0 aromatic carbocycles. The van der Waals surface area contributed by atoms with Gasteiger partial charge in [0.1, 0.15) is 24.3 Å². The van der Waals surface area contributed by atoms with Gasteiger partial charge in [-0.15, -0.1) is 0 Å². The Balaban J connectivity index is 0.000000702. The van der Waals surface area contributed by atoms with Gasteiger partial charge in [0.05, 0.1) is 18.1 Å². The number of phosphoric acid groups is 1. The van der Waals surface area contributed by atoms with E-state index in [1.807, 2.05) is 0 Å². The summed E-state index contributed by atoms with van der Waals surface area (Å²) in [6.07, 6.45) is 1.64. The highest BCUT2D eigenvalue weighted by Crippen LogP contribution is 2.37. The second kappa shape index (κ2) is 20.3. The predicted octanol–water partition coefficient (Wildman–Crippen LogP) is -3.88. The van der Waals surface area contributed by atoms with Gasteiger partial charge in [0.2, 0.25) is 0 Å². The fraction of sp³-hybridized carbons (Fsp3) is 0.652. The van der Waals surface area contributed by atoms with Gasteiger partial charge in [-0.1, -0.05) is 12.8 Å². The molecule has 1 fully saturated rings. The van der Waals surface area contributed by atoms with Crippen LogP contribution in [0.3, 0.4) is 0 Å². The zero-order chi connectivity index (χ0) is 32.5. The molecular formula is C23H42N5O13P. The van der Waals surface area contributed by atoms with Gasteiger partial charge in [-0.2, -0.15) is 4.57 Å². The van der Waals surface area contributed by atoms with Crippen LogP contribution in [0.15, 0.2) is 24.5 Å². The van der Waals surface area contributed by atoms with E-state index in [2.05, 4.69) is 4.52 Å². The number of nitrogens with two attached hydrogens (primary N) is 4. The number of aliphatic hydroxyl groups excluding tert-OH is 2. The van der Waals surface area contributed by atoms with Gasteiger partial charge in [-0.05, 0) is 44.8 Å². The summed E-state index contributed by atoms with van der Waals surface area (Å²) in [5.74, 6) is -3.29. The molecule has 1 aromatic rings. The molecule has 242 valence electrons. The van der Waals surface area contributed by atoms with Gasteiger partial charge in [0.15, 0.2) is 18.5 Å². The number of hydrogen-bond acceptors (Lipinski definition) is 13. The fourth-order valence-electron chi connectivity index (χ4n) is 3.32. The molecule has 1 aliphatic heterocycles. The highest BCUT2D eigenvalue weighted by Gasteiger charge is 2.48. The van der Waals surface area contributed by atoms with Crippen molar-refractivity contribution in [3.8, 4) is 0 Å². The first-order valence-corrected chi connectivity index (χ1v) is 14.4. The van der Waals surface area contributed by atoms with E-state index in [9.17, 15) is 34.3 Å². The first-order chi connectivity index (χ1) is 19.5. The molecule has 6 atom stereocenters. The number of ether oxygens (including phenoxy) is 1. The number of unbranched alkanes of at least 4 members (excludes halogenated alkanes) is 2. The lowest BCUT2D eigenvalue weighted by atomic mass is 10.1. The monoisotopic (exact) mass is 627 g/mol. The predicted molar refractivity (Wildman–Crippen MR) is 142 cm³/mol. The largest absolute Gasteiger partial charge is 0.545 e. The number of phosphoric ester groups is 1. The maximum Gasteiger partial charge on any atom is 0.469 e. The minimum Gasteiger partial charge on any atom is -0.545 e. The molecule has 14 N–H and O–H groups in total. The molecule has 2 heterocycles. The molecule has 2 rings (SSSR count). The molecule has 0 saturated carbocycles. The SMILES string of the molecule is NCCCC[C@H](N)C(=O)O.NCCCC[C@H](N)C(=O)O.O=C([O-])c1ccc[n+]([C@@H]2O[C@H](COP(=O)(O)O)[C@@H](O)[C@H]2O)c1. The van der Waals surface area contributed by atoms with E-state index in [0.717, 1.165) is 31.9 Å². The van der Waals surface area contributed by atoms with Crippen molar-refractivity contribution in [3.63, 3.8) is 0 Å². The third kappa shape index (κ3) is 16.1. The fourth-order valence-corrected chi connectivity index (χ4v) is 3.66. The van der Waals surface area contributed by atoms with Gasteiger partial charge in [0.25, 0.3) is 6.23 Å². The highest BCUT2D eigenvalue weighted by molar-refractivity contribution is 7.46. The molecule has 0 radical (unpaired) electrons. The van der Waals surface area contributed by atoms with Crippen molar-refractivity contribution in [2.75, 3.05) is 19.7 Å². The summed E-state index contributed by atoms with van der Waals surface area (Å²) in [7, 11) is -4.74. The van der Waals surface area contributed by atoms with Gasteiger partial charge in [-0.25, -0.2) is 4.57 Å². The number of hydrogen-bond donors (Lipinski definition) is 10. The molecule has 42 heavy (non-hydrogen) atoms. The van der Waals surface area contributed by atoms with Crippen LogP contribution < -0.4 is 32.6 Å². The van der Waals surface area contributed by atoms with Gasteiger partial charge < -0.3 is 67.8 Å². The number of carbonyl (C=O) groups excluding carboxylic acids is 1. The number of aromatic nitrogens is 1. The molecule has 0 spiro atoms. The van der Waals surface area contributed by atoms with Crippen LogP contribution in [0.1, 0.15) is 55.1 Å². The molecule has 1 aromatic heterocycles. The second-order valence-corrected chi connectivity index (χ2v) is 10.4. The zero-order valence-corrected chi connectivity index (χ0v) is 23.8. The Morgan fingerprint density at radius 2 is 1.48 bits per heavy atom. The number of aromatic carboxylic acids is 1. The normalized spacial score (nSPS) is 21.2. The standard InChI is InChI=1S/C11H14NO9P.2C6H14N2O2/c13-8-7(5-20-22(17,18)19)21-10(9(8)14)12-3-1-2-6(4-12)11(15)16;2*7-4-2-1-3-5(8)6(9)10/h1-4,7-10,13-14H,5H2,(H2-,15,16,17,18,19);2*5H,1-4,7-8H2,(H,9,10)/t7-,8-,9-,10-;2*5-/m100/s1. The molecule has 0 amide bonds. The summed E-state index contributed by atoms with van der Waals surface area (Å²) in [5, 5.41) is 47.2. The van der Waals surface area contributed by atoms with E-state index in [0.29, 0.717) is 25.9 Å². The Hall–Kier alpha value is -2.61. The Morgan fingerprint density at radius 3 is 1.88 bits per heavy atom. The minimum absolute atomic E-state index is 0.164. The number of carbonyl (C=O) groups is 3. The second-order valence-electron chi connectivity index (χ2n) is 9.12. The molecular weight excluding hydrogens is 585 g/mol. The van der Waals surface area contributed by atoms with Crippen molar-refractivity contribution < 1.29 is 68.1 Å². The van der Waals surface area contributed by atoms with Gasteiger partial charge >= 0.3 is 19.8 Å². The smallest absolute Gasteiger partial charge is 0.469 e.